The molecular formula is C24H23Cl2N5O. The van der Waals surface area contributed by atoms with Crippen molar-refractivity contribution in [2.24, 2.45) is 7.05 Å². The molecule has 0 saturated carbocycles. The number of para-hydroxylation sites is 1. The standard InChI is InChI=1S/C24H23Cl2N5O/c1-31-23(20(26)12-29-31)17-7-6-14(10-19(17)25)24(32)30-22-13-27-9-8-16(22)18-11-28-21-5-3-2-4-15(18)21/h2-7,10-12,16,22,27-28H,8-9,13H2,1H3,(H,30,32)/t16-,22+/m0/s1. The third kappa shape index (κ3) is 3.79. The lowest BCUT2D eigenvalue weighted by Gasteiger charge is -2.33. The molecular weight excluding hydrogens is 445 g/mol. The Morgan fingerprint density at radius 3 is 2.81 bits per heavy atom. The fourth-order valence-corrected chi connectivity index (χ4v) is 5.13. The van der Waals surface area contributed by atoms with Gasteiger partial charge < -0.3 is 15.6 Å². The molecule has 5 rings (SSSR count). The van der Waals surface area contributed by atoms with Gasteiger partial charge in [0.05, 0.1) is 21.9 Å². The number of nitrogens with zero attached hydrogens (tertiary/aromatic N) is 2. The van der Waals surface area contributed by atoms with Crippen LogP contribution in [0.15, 0.2) is 54.9 Å². The number of benzene rings is 2. The summed E-state index contributed by atoms with van der Waals surface area (Å²) in [6.07, 6.45) is 4.60. The Morgan fingerprint density at radius 2 is 2.03 bits per heavy atom. The van der Waals surface area contributed by atoms with Gasteiger partial charge in [0.1, 0.15) is 0 Å². The largest absolute Gasteiger partial charge is 0.361 e. The van der Waals surface area contributed by atoms with Crippen LogP contribution in [0.1, 0.15) is 28.3 Å². The third-order valence-corrected chi connectivity index (χ3v) is 6.79. The SMILES string of the molecule is Cn1ncc(Cl)c1-c1ccc(C(=O)N[C@@H]2CNCC[C@H]2c2c[nH]c3ccccc23)cc1Cl. The summed E-state index contributed by atoms with van der Waals surface area (Å²) in [5, 5.41) is 13.0. The molecule has 164 valence electrons. The van der Waals surface area contributed by atoms with Crippen LogP contribution in [0.3, 0.4) is 0 Å². The molecule has 2 aromatic heterocycles. The number of aryl methyl sites for hydroxylation is 1. The van der Waals surface area contributed by atoms with Crippen molar-refractivity contribution in [3.63, 3.8) is 0 Å². The lowest BCUT2D eigenvalue weighted by molar-refractivity contribution is 0.0924. The van der Waals surface area contributed by atoms with Crippen LogP contribution >= 0.6 is 23.2 Å². The summed E-state index contributed by atoms with van der Waals surface area (Å²) in [5.74, 6) is 0.0763. The van der Waals surface area contributed by atoms with Gasteiger partial charge in [-0.3, -0.25) is 9.48 Å². The molecule has 3 heterocycles. The number of hydrogen-bond acceptors (Lipinski definition) is 3. The molecule has 2 aromatic carbocycles. The van der Waals surface area contributed by atoms with Gasteiger partial charge in [0.15, 0.2) is 0 Å². The van der Waals surface area contributed by atoms with E-state index in [9.17, 15) is 4.79 Å². The summed E-state index contributed by atoms with van der Waals surface area (Å²) in [6.45, 7) is 1.63. The predicted molar refractivity (Wildman–Crippen MR) is 128 cm³/mol. The minimum absolute atomic E-state index is 0.0274. The summed E-state index contributed by atoms with van der Waals surface area (Å²) in [7, 11) is 1.80. The second-order valence-corrected chi connectivity index (χ2v) is 8.94. The normalized spacial score (nSPS) is 18.7. The van der Waals surface area contributed by atoms with Crippen LogP contribution in [-0.2, 0) is 7.05 Å². The number of piperidine rings is 1. The van der Waals surface area contributed by atoms with Crippen LogP contribution in [0.2, 0.25) is 10.0 Å². The monoisotopic (exact) mass is 467 g/mol. The van der Waals surface area contributed by atoms with Crippen molar-refractivity contribution in [3.05, 3.63) is 76.0 Å². The minimum Gasteiger partial charge on any atom is -0.361 e. The Balaban J connectivity index is 1.39. The summed E-state index contributed by atoms with van der Waals surface area (Å²) in [5.41, 5.74) is 4.33. The van der Waals surface area contributed by atoms with Gasteiger partial charge in [0.2, 0.25) is 0 Å². The van der Waals surface area contributed by atoms with Crippen LogP contribution in [0, 0.1) is 0 Å². The average Bonchev–Trinajstić information content (AvgIpc) is 3.37. The fourth-order valence-electron chi connectivity index (χ4n) is 4.60. The molecule has 0 spiro atoms. The second-order valence-electron chi connectivity index (χ2n) is 8.13. The van der Waals surface area contributed by atoms with Crippen molar-refractivity contribution < 1.29 is 4.79 Å². The second kappa shape index (κ2) is 8.62. The van der Waals surface area contributed by atoms with Crippen LogP contribution < -0.4 is 10.6 Å². The van der Waals surface area contributed by atoms with Crippen LogP contribution in [0.4, 0.5) is 0 Å². The number of carbonyl (C=O) groups is 1. The van der Waals surface area contributed by atoms with Crippen LogP contribution in [0.5, 0.6) is 0 Å². The van der Waals surface area contributed by atoms with Gasteiger partial charge in [0, 0.05) is 53.8 Å². The number of fused-ring (bicyclic) bond motifs is 1. The van der Waals surface area contributed by atoms with Crippen molar-refractivity contribution in [2.45, 2.75) is 18.4 Å². The maximum absolute atomic E-state index is 13.1. The number of rotatable bonds is 4. The lowest BCUT2D eigenvalue weighted by Crippen LogP contribution is -2.50. The molecule has 1 aliphatic heterocycles. The number of amides is 1. The highest BCUT2D eigenvalue weighted by Gasteiger charge is 2.30. The molecule has 1 aliphatic rings. The molecule has 0 bridgehead atoms. The van der Waals surface area contributed by atoms with E-state index in [2.05, 4.69) is 39.0 Å². The molecule has 6 nitrogen and oxygen atoms in total. The topological polar surface area (TPSA) is 74.7 Å². The zero-order chi connectivity index (χ0) is 22.2. The molecule has 8 heteroatoms. The maximum Gasteiger partial charge on any atom is 0.251 e. The molecule has 0 radical (unpaired) electrons. The van der Waals surface area contributed by atoms with Crippen LogP contribution in [-0.4, -0.2) is 39.8 Å². The molecule has 1 amide bonds. The Labute approximate surface area is 195 Å². The zero-order valence-electron chi connectivity index (χ0n) is 17.5. The van der Waals surface area contributed by atoms with Crippen molar-refractivity contribution in [2.75, 3.05) is 13.1 Å². The van der Waals surface area contributed by atoms with Crippen molar-refractivity contribution in [3.8, 4) is 11.3 Å². The van der Waals surface area contributed by atoms with Gasteiger partial charge in [-0.2, -0.15) is 5.10 Å². The molecule has 1 saturated heterocycles. The highest BCUT2D eigenvalue weighted by atomic mass is 35.5. The summed E-state index contributed by atoms with van der Waals surface area (Å²) in [4.78, 5) is 16.5. The number of halogens is 2. The summed E-state index contributed by atoms with van der Waals surface area (Å²) < 4.78 is 1.67. The molecule has 1 fully saturated rings. The van der Waals surface area contributed by atoms with E-state index in [1.54, 1.807) is 30.1 Å². The van der Waals surface area contributed by atoms with E-state index in [0.717, 1.165) is 29.7 Å². The lowest BCUT2D eigenvalue weighted by atomic mass is 9.85. The first kappa shape index (κ1) is 21.1. The quantitative estimate of drug-likeness (QED) is 0.405. The van der Waals surface area contributed by atoms with Crippen LogP contribution in [0.25, 0.3) is 22.2 Å². The van der Waals surface area contributed by atoms with Gasteiger partial charge in [-0.15, -0.1) is 0 Å². The van der Waals surface area contributed by atoms with Crippen molar-refractivity contribution in [1.29, 1.82) is 0 Å². The highest BCUT2D eigenvalue weighted by Crippen LogP contribution is 2.34. The van der Waals surface area contributed by atoms with Gasteiger partial charge in [-0.25, -0.2) is 0 Å². The zero-order valence-corrected chi connectivity index (χ0v) is 19.0. The summed E-state index contributed by atoms with van der Waals surface area (Å²) in [6, 6.07) is 13.5. The van der Waals surface area contributed by atoms with E-state index >= 15 is 0 Å². The van der Waals surface area contributed by atoms with E-state index in [1.807, 2.05) is 18.2 Å². The Hall–Kier alpha value is -2.80. The van der Waals surface area contributed by atoms with Gasteiger partial charge >= 0.3 is 0 Å². The molecule has 4 aromatic rings. The smallest absolute Gasteiger partial charge is 0.251 e. The average molecular weight is 468 g/mol. The van der Waals surface area contributed by atoms with Crippen molar-refractivity contribution >= 4 is 40.0 Å². The Kier molecular flexibility index (Phi) is 5.67. The van der Waals surface area contributed by atoms with E-state index in [-0.39, 0.29) is 17.9 Å². The first-order chi connectivity index (χ1) is 15.5. The van der Waals surface area contributed by atoms with Crippen molar-refractivity contribution in [1.82, 2.24) is 25.4 Å². The van der Waals surface area contributed by atoms with Gasteiger partial charge in [0.25, 0.3) is 5.91 Å². The number of H-pyrrole nitrogens is 1. The molecule has 32 heavy (non-hydrogen) atoms. The van der Waals surface area contributed by atoms with E-state index in [1.165, 1.54) is 10.9 Å². The number of nitrogens with one attached hydrogen (secondary N) is 3. The maximum atomic E-state index is 13.1. The van der Waals surface area contributed by atoms with E-state index in [4.69, 9.17) is 23.2 Å². The number of carbonyl (C=O) groups excluding carboxylic acids is 1. The number of aromatic nitrogens is 3. The van der Waals surface area contributed by atoms with Gasteiger partial charge in [-0.1, -0.05) is 47.5 Å². The fraction of sp³-hybridized carbons (Fsp3) is 0.250. The van der Waals surface area contributed by atoms with Gasteiger partial charge in [-0.05, 0) is 36.7 Å². The molecule has 0 aliphatic carbocycles. The van der Waals surface area contributed by atoms with E-state index in [0.29, 0.717) is 22.2 Å². The first-order valence-corrected chi connectivity index (χ1v) is 11.3. The molecule has 0 unspecified atom stereocenters. The third-order valence-electron chi connectivity index (χ3n) is 6.20. The summed E-state index contributed by atoms with van der Waals surface area (Å²) >= 11 is 12.8. The Bertz CT molecular complexity index is 1280. The first-order valence-electron chi connectivity index (χ1n) is 10.6. The highest BCUT2D eigenvalue weighted by molar-refractivity contribution is 6.36. The molecule has 2 atom stereocenters. The van der Waals surface area contributed by atoms with E-state index < -0.39 is 0 Å². The predicted octanol–water partition coefficient (Wildman–Crippen LogP) is 4.75. The minimum atomic E-state index is -0.145. The number of aromatic amines is 1. The molecule has 3 N–H and O–H groups in total. The Morgan fingerprint density at radius 1 is 1.19 bits per heavy atom. The number of hydrogen-bond donors (Lipinski definition) is 3.